The molecule has 2 aromatic rings. The van der Waals surface area contributed by atoms with Gasteiger partial charge in [0.05, 0.1) is 19.7 Å². The Morgan fingerprint density at radius 1 is 0.538 bits per heavy atom. The summed E-state index contributed by atoms with van der Waals surface area (Å²) in [6.07, 6.45) is 0. The Kier molecular flexibility index (Phi) is 5.27. The largest absolute Gasteiger partial charge is 0.285 e. The quantitative estimate of drug-likeness (QED) is 0.433. The molecule has 0 atom stereocenters. The van der Waals surface area contributed by atoms with Crippen LogP contribution in [0.4, 0.5) is 22.7 Å². The van der Waals surface area contributed by atoms with Gasteiger partial charge >= 0.3 is 0 Å². The predicted molar refractivity (Wildman–Crippen MR) is 93.9 cm³/mol. The van der Waals surface area contributed by atoms with E-state index in [-0.39, 0.29) is 8.95 Å². The van der Waals surface area contributed by atoms with Crippen LogP contribution in [0.2, 0.25) is 0 Å². The van der Waals surface area contributed by atoms with E-state index in [1.54, 1.807) is 0 Å². The van der Waals surface area contributed by atoms with E-state index in [1.807, 2.05) is 0 Å². The lowest BCUT2D eigenvalue weighted by Gasteiger charge is -2.08. The molecule has 134 valence electrons. The summed E-state index contributed by atoms with van der Waals surface area (Å²) in [7, 11) is 0. The molecule has 12 nitrogen and oxygen atoms in total. The van der Waals surface area contributed by atoms with Crippen molar-refractivity contribution in [1.29, 1.82) is 0 Å². The Hall–Kier alpha value is -3.00. The lowest BCUT2D eigenvalue weighted by molar-refractivity contribution is -0.397. The topological polar surface area (TPSA) is 173 Å². The van der Waals surface area contributed by atoms with Crippen molar-refractivity contribution in [3.63, 3.8) is 0 Å². The fraction of sp³-hybridized carbons (Fsp3) is 0. The van der Waals surface area contributed by atoms with Gasteiger partial charge in [-0.25, -0.2) is 0 Å². The van der Waals surface area contributed by atoms with Crippen LogP contribution in [-0.4, -0.2) is 19.7 Å². The van der Waals surface area contributed by atoms with Crippen LogP contribution in [0.15, 0.2) is 33.2 Å². The Labute approximate surface area is 159 Å². The molecule has 0 bridgehead atoms. The van der Waals surface area contributed by atoms with Gasteiger partial charge < -0.3 is 0 Å². The van der Waals surface area contributed by atoms with Gasteiger partial charge in [0.15, 0.2) is 11.1 Å². The van der Waals surface area contributed by atoms with Gasteiger partial charge in [0, 0.05) is 33.2 Å². The van der Waals surface area contributed by atoms with E-state index in [1.165, 1.54) is 0 Å². The van der Waals surface area contributed by atoms with Gasteiger partial charge in [-0.05, 0) is 0 Å². The van der Waals surface area contributed by atoms with Crippen LogP contribution in [0.5, 0.6) is 0 Å². The summed E-state index contributed by atoms with van der Waals surface area (Å²) in [6.45, 7) is 0. The van der Waals surface area contributed by atoms with Gasteiger partial charge in [0.1, 0.15) is 0 Å². The summed E-state index contributed by atoms with van der Waals surface area (Å²) in [4.78, 5) is 41.4. The first-order valence-corrected chi connectivity index (χ1v) is 7.88. The minimum absolute atomic E-state index is 0.0398. The first-order chi connectivity index (χ1) is 12.0. The Morgan fingerprint density at radius 3 is 0.885 bits per heavy atom. The Morgan fingerprint density at radius 2 is 0.731 bits per heavy atom. The number of halogens is 2. The summed E-state index contributed by atoms with van der Waals surface area (Å²) in [6, 6.07) is 3.49. The van der Waals surface area contributed by atoms with Crippen LogP contribution < -0.4 is 0 Å². The minimum atomic E-state index is -1.01. The molecule has 0 aromatic heterocycles. The molecule has 0 aliphatic heterocycles. The van der Waals surface area contributed by atoms with Crippen molar-refractivity contribution < 1.29 is 19.7 Å². The highest BCUT2D eigenvalue weighted by Crippen LogP contribution is 2.49. The molecule has 2 aromatic carbocycles. The zero-order valence-corrected chi connectivity index (χ0v) is 15.3. The van der Waals surface area contributed by atoms with Gasteiger partial charge in [-0.1, -0.05) is 31.9 Å². The van der Waals surface area contributed by atoms with E-state index in [4.69, 9.17) is 0 Å². The van der Waals surface area contributed by atoms with E-state index in [0.717, 1.165) is 24.3 Å². The highest BCUT2D eigenvalue weighted by molar-refractivity contribution is 9.10. The molecule has 0 amide bonds. The Balaban J connectivity index is 3.14. The average Bonchev–Trinajstić information content (AvgIpc) is 2.53. The highest BCUT2D eigenvalue weighted by Gasteiger charge is 2.38. The maximum absolute atomic E-state index is 11.4. The molecule has 0 aliphatic rings. The van der Waals surface area contributed by atoms with Gasteiger partial charge in [-0.2, -0.15) is 0 Å². The third-order valence-corrected chi connectivity index (χ3v) is 4.08. The highest BCUT2D eigenvalue weighted by atomic mass is 79.9. The number of nitrogens with zero attached hydrogens (tertiary/aromatic N) is 4. The summed E-state index contributed by atoms with van der Waals surface area (Å²) < 4.78 is -0.0795. The average molecular weight is 492 g/mol. The summed E-state index contributed by atoms with van der Waals surface area (Å²) in [5.41, 5.74) is -5.21. The number of nitro benzene ring substituents is 4. The molecule has 0 saturated heterocycles. The third-order valence-electron chi connectivity index (χ3n) is 3.16. The van der Waals surface area contributed by atoms with Crippen LogP contribution in [0.25, 0.3) is 11.1 Å². The number of hydrogen-bond donors (Lipinski definition) is 0. The molecule has 0 aliphatic carbocycles. The van der Waals surface area contributed by atoms with Crippen molar-refractivity contribution in [2.75, 3.05) is 0 Å². The van der Waals surface area contributed by atoms with Crippen molar-refractivity contribution in [3.05, 3.63) is 73.7 Å². The smallest absolute Gasteiger partial charge is 0.258 e. The lowest BCUT2D eigenvalue weighted by Crippen LogP contribution is -2.03. The Bertz CT molecular complexity index is 844. The fourth-order valence-electron chi connectivity index (χ4n) is 2.25. The van der Waals surface area contributed by atoms with Gasteiger partial charge in [-0.15, -0.1) is 0 Å². The SMILES string of the molecule is O=[N+]([O-])c1cc(Br)cc([N+](=O)[O-])c1-c1c([N+](=O)[O-])cc(Br)cc1[N+](=O)[O-]. The van der Waals surface area contributed by atoms with Crippen LogP contribution in [0.1, 0.15) is 0 Å². The molecule has 0 saturated carbocycles. The summed E-state index contributed by atoms with van der Waals surface area (Å²) in [5.74, 6) is 0. The van der Waals surface area contributed by atoms with Crippen molar-refractivity contribution in [2.45, 2.75) is 0 Å². The number of hydrogen-bond acceptors (Lipinski definition) is 8. The van der Waals surface area contributed by atoms with Crippen molar-refractivity contribution in [1.82, 2.24) is 0 Å². The molecule has 0 heterocycles. The zero-order valence-electron chi connectivity index (χ0n) is 12.1. The number of rotatable bonds is 5. The second-order valence-electron chi connectivity index (χ2n) is 4.67. The van der Waals surface area contributed by atoms with Crippen molar-refractivity contribution in [2.24, 2.45) is 0 Å². The lowest BCUT2D eigenvalue weighted by atomic mass is 9.98. The van der Waals surface area contributed by atoms with Gasteiger partial charge in [0.25, 0.3) is 22.7 Å². The molecule has 0 N–H and O–H groups in total. The third kappa shape index (κ3) is 3.50. The van der Waals surface area contributed by atoms with Gasteiger partial charge in [-0.3, -0.25) is 40.5 Å². The summed E-state index contributed by atoms with van der Waals surface area (Å²) in [5, 5.41) is 45.5. The van der Waals surface area contributed by atoms with Crippen molar-refractivity contribution in [3.8, 4) is 11.1 Å². The van der Waals surface area contributed by atoms with E-state index in [0.29, 0.717) is 0 Å². The van der Waals surface area contributed by atoms with Crippen LogP contribution in [-0.2, 0) is 0 Å². The molecule has 26 heavy (non-hydrogen) atoms. The van der Waals surface area contributed by atoms with Gasteiger partial charge in [0.2, 0.25) is 0 Å². The first kappa shape index (κ1) is 19.3. The molecule has 0 radical (unpaired) electrons. The zero-order chi connectivity index (χ0) is 19.8. The van der Waals surface area contributed by atoms with E-state index in [2.05, 4.69) is 31.9 Å². The number of nitro groups is 4. The van der Waals surface area contributed by atoms with E-state index in [9.17, 15) is 40.5 Å². The molecular weight excluding hydrogens is 488 g/mol. The second-order valence-corrected chi connectivity index (χ2v) is 6.50. The molecule has 0 unspecified atom stereocenters. The van der Waals surface area contributed by atoms with Crippen LogP contribution in [0.3, 0.4) is 0 Å². The fourth-order valence-corrected chi connectivity index (χ4v) is 3.11. The second kappa shape index (κ2) is 7.09. The van der Waals surface area contributed by atoms with Crippen LogP contribution in [0, 0.1) is 40.5 Å². The predicted octanol–water partition coefficient (Wildman–Crippen LogP) is 4.51. The molecule has 14 heteroatoms. The van der Waals surface area contributed by atoms with E-state index >= 15 is 0 Å². The molecular formula is C12H4Br2N4O8. The molecule has 0 spiro atoms. The molecule has 0 fully saturated rings. The van der Waals surface area contributed by atoms with E-state index < -0.39 is 53.6 Å². The monoisotopic (exact) mass is 490 g/mol. The maximum Gasteiger partial charge on any atom is 0.285 e. The van der Waals surface area contributed by atoms with Crippen LogP contribution >= 0.6 is 31.9 Å². The minimum Gasteiger partial charge on any atom is -0.258 e. The van der Waals surface area contributed by atoms with Crippen molar-refractivity contribution >= 4 is 54.6 Å². The maximum atomic E-state index is 11.4. The summed E-state index contributed by atoms with van der Waals surface area (Å²) >= 11 is 5.76. The molecule has 2 rings (SSSR count). The number of benzene rings is 2. The standard InChI is InChI=1S/C12H4Br2N4O8/c13-5-1-7(15(19)20)11(8(2-5)16(21)22)12-9(17(23)24)3-6(14)4-10(12)18(25)26/h1-4H. The normalized spacial score (nSPS) is 10.4. The first-order valence-electron chi connectivity index (χ1n) is 6.29.